The number of carbonyl (C=O) groups is 1. The Balaban J connectivity index is 2.30. The molecule has 0 bridgehead atoms. The molecule has 0 fully saturated rings. The Morgan fingerprint density at radius 3 is 1.81 bits per heavy atom. The van der Waals surface area contributed by atoms with Crippen molar-refractivity contribution in [2.45, 2.75) is 84.2 Å². The van der Waals surface area contributed by atoms with Gasteiger partial charge in [-0.25, -0.2) is 0 Å². The van der Waals surface area contributed by atoms with Crippen LogP contribution in [0.4, 0.5) is 0 Å². The second kappa shape index (κ2) is 11.7. The number of nitrogens with zero attached hydrogens (tertiary/aromatic N) is 1. The number of likely N-dealkylation sites (N-methyl/N-ethyl adjacent to an activating group) is 1. The van der Waals surface area contributed by atoms with Crippen molar-refractivity contribution < 1.29 is 13.6 Å². The van der Waals surface area contributed by atoms with Crippen LogP contribution in [-0.2, 0) is 6.42 Å². The zero-order chi connectivity index (χ0) is 27.5. The number of hydrogen-bond acceptors (Lipinski definition) is 4. The standard InChI is InChI=1S/C29H46INO3Si2/c1-28(2,3)35(8,9)33-26-19-23(24(30)20-27(26)34-36(10,11)29(4,5)6)17-18-31(7)21-25(32)22-15-13-12-14-16-22/h12-16,19-20H,17-18,21H2,1-11H3. The lowest BCUT2D eigenvalue weighted by Crippen LogP contribution is -2.45. The summed E-state index contributed by atoms with van der Waals surface area (Å²) in [6.45, 7) is 23.9. The van der Waals surface area contributed by atoms with Gasteiger partial charge in [0.2, 0.25) is 0 Å². The molecule has 0 amide bonds. The summed E-state index contributed by atoms with van der Waals surface area (Å²) in [5.41, 5.74) is 1.99. The third kappa shape index (κ3) is 8.17. The van der Waals surface area contributed by atoms with Gasteiger partial charge < -0.3 is 8.85 Å². The molecule has 0 aromatic heterocycles. The Hall–Kier alpha value is -1.17. The Bertz CT molecular complexity index is 1040. The van der Waals surface area contributed by atoms with Crippen molar-refractivity contribution in [2.24, 2.45) is 0 Å². The Morgan fingerprint density at radius 2 is 1.33 bits per heavy atom. The first kappa shape index (κ1) is 31.1. The van der Waals surface area contributed by atoms with E-state index in [1.807, 2.05) is 37.4 Å². The number of rotatable bonds is 10. The predicted molar refractivity (Wildman–Crippen MR) is 167 cm³/mol. The van der Waals surface area contributed by atoms with Crippen molar-refractivity contribution in [1.29, 1.82) is 0 Å². The first-order chi connectivity index (χ1) is 16.3. The number of carbonyl (C=O) groups excluding carboxylic acids is 1. The van der Waals surface area contributed by atoms with E-state index < -0.39 is 16.6 Å². The molecule has 0 spiro atoms. The fourth-order valence-electron chi connectivity index (χ4n) is 3.14. The largest absolute Gasteiger partial charge is 0.541 e. The zero-order valence-electron chi connectivity index (χ0n) is 24.2. The molecule has 2 rings (SSSR count). The van der Waals surface area contributed by atoms with E-state index in [1.165, 1.54) is 9.13 Å². The summed E-state index contributed by atoms with van der Waals surface area (Å²) in [5.74, 6) is 1.88. The van der Waals surface area contributed by atoms with Crippen LogP contribution in [0, 0.1) is 3.57 Å². The summed E-state index contributed by atoms with van der Waals surface area (Å²) in [6.07, 6.45) is 0.838. The van der Waals surface area contributed by atoms with Gasteiger partial charge in [-0.3, -0.25) is 9.69 Å². The molecule has 0 aliphatic heterocycles. The molecule has 0 saturated heterocycles. The van der Waals surface area contributed by atoms with Gasteiger partial charge in [-0.1, -0.05) is 71.9 Å². The smallest absolute Gasteiger partial charge is 0.250 e. The van der Waals surface area contributed by atoms with Crippen LogP contribution in [0.15, 0.2) is 42.5 Å². The predicted octanol–water partition coefficient (Wildman–Crippen LogP) is 8.42. The Kier molecular flexibility index (Phi) is 10.1. The van der Waals surface area contributed by atoms with E-state index in [1.54, 1.807) is 0 Å². The van der Waals surface area contributed by atoms with Gasteiger partial charge in [0.05, 0.1) is 6.54 Å². The van der Waals surface area contributed by atoms with Crippen LogP contribution in [0.25, 0.3) is 0 Å². The van der Waals surface area contributed by atoms with Gasteiger partial charge in [0, 0.05) is 15.7 Å². The first-order valence-corrected chi connectivity index (χ1v) is 19.7. The molecule has 4 nitrogen and oxygen atoms in total. The molecule has 2 aromatic rings. The topological polar surface area (TPSA) is 38.8 Å². The third-order valence-electron chi connectivity index (χ3n) is 7.73. The number of hydrogen-bond donors (Lipinski definition) is 0. The lowest BCUT2D eigenvalue weighted by Gasteiger charge is -2.40. The second-order valence-electron chi connectivity index (χ2n) is 12.9. The average molecular weight is 640 g/mol. The maximum absolute atomic E-state index is 12.6. The average Bonchev–Trinajstić information content (AvgIpc) is 2.73. The highest BCUT2D eigenvalue weighted by Crippen LogP contribution is 2.44. The maximum atomic E-state index is 12.6. The quantitative estimate of drug-likeness (QED) is 0.149. The Morgan fingerprint density at radius 1 is 0.861 bits per heavy atom. The molecule has 0 saturated carbocycles. The molecular weight excluding hydrogens is 593 g/mol. The van der Waals surface area contributed by atoms with Crippen LogP contribution < -0.4 is 8.85 Å². The monoisotopic (exact) mass is 639 g/mol. The van der Waals surface area contributed by atoms with Crippen molar-refractivity contribution >= 4 is 45.0 Å². The van der Waals surface area contributed by atoms with Crippen LogP contribution in [0.2, 0.25) is 36.3 Å². The van der Waals surface area contributed by atoms with E-state index in [2.05, 4.69) is 107 Å². The van der Waals surface area contributed by atoms with Gasteiger partial charge in [0.15, 0.2) is 5.78 Å². The fourth-order valence-corrected chi connectivity index (χ4v) is 5.87. The molecule has 0 radical (unpaired) electrons. The van der Waals surface area contributed by atoms with Gasteiger partial charge in [-0.15, -0.1) is 0 Å². The van der Waals surface area contributed by atoms with Crippen molar-refractivity contribution in [3.8, 4) is 11.5 Å². The molecule has 0 aliphatic rings. The Labute approximate surface area is 235 Å². The van der Waals surface area contributed by atoms with E-state index in [0.717, 1.165) is 30.0 Å². The zero-order valence-corrected chi connectivity index (χ0v) is 28.4. The number of benzene rings is 2. The normalized spacial score (nSPS) is 13.1. The summed E-state index contributed by atoms with van der Waals surface area (Å²) in [5, 5.41) is 0.182. The number of halogens is 1. The minimum absolute atomic E-state index is 0.0857. The molecule has 0 aliphatic carbocycles. The molecule has 200 valence electrons. The highest BCUT2D eigenvalue weighted by Gasteiger charge is 2.42. The van der Waals surface area contributed by atoms with Crippen molar-refractivity contribution in [1.82, 2.24) is 4.90 Å². The summed E-state index contributed by atoms with van der Waals surface area (Å²) in [4.78, 5) is 14.7. The molecule has 0 heterocycles. The van der Waals surface area contributed by atoms with E-state index >= 15 is 0 Å². The molecule has 36 heavy (non-hydrogen) atoms. The van der Waals surface area contributed by atoms with Crippen molar-refractivity contribution in [3.05, 3.63) is 57.2 Å². The number of Topliss-reactive ketones (excluding diaryl/α,β-unsaturated/α-hetero) is 1. The summed E-state index contributed by atoms with van der Waals surface area (Å²) < 4.78 is 14.8. The molecule has 0 unspecified atom stereocenters. The third-order valence-corrected chi connectivity index (χ3v) is 17.4. The van der Waals surface area contributed by atoms with E-state index in [0.29, 0.717) is 6.54 Å². The summed E-state index contributed by atoms with van der Waals surface area (Å²) in [6, 6.07) is 13.9. The van der Waals surface area contributed by atoms with Crippen LogP contribution in [0.1, 0.15) is 57.5 Å². The van der Waals surface area contributed by atoms with Crippen molar-refractivity contribution in [2.75, 3.05) is 20.1 Å². The lowest BCUT2D eigenvalue weighted by molar-refractivity contribution is 0.0947. The minimum Gasteiger partial charge on any atom is -0.541 e. The van der Waals surface area contributed by atoms with Gasteiger partial charge in [-0.2, -0.15) is 0 Å². The summed E-state index contributed by atoms with van der Waals surface area (Å²) in [7, 11) is -2.09. The van der Waals surface area contributed by atoms with Crippen LogP contribution in [0.5, 0.6) is 11.5 Å². The van der Waals surface area contributed by atoms with E-state index in [-0.39, 0.29) is 15.9 Å². The fraction of sp³-hybridized carbons (Fsp3) is 0.552. The first-order valence-electron chi connectivity index (χ1n) is 12.8. The van der Waals surface area contributed by atoms with Crippen LogP contribution >= 0.6 is 22.6 Å². The van der Waals surface area contributed by atoms with Gasteiger partial charge in [0.25, 0.3) is 16.6 Å². The van der Waals surface area contributed by atoms with Gasteiger partial charge in [0.1, 0.15) is 11.5 Å². The number of ketones is 1. The van der Waals surface area contributed by atoms with Crippen molar-refractivity contribution in [3.63, 3.8) is 0 Å². The molecule has 0 atom stereocenters. The highest BCUT2D eigenvalue weighted by molar-refractivity contribution is 14.1. The SMILES string of the molecule is CN(CCc1cc(O[Si](C)(C)C(C)(C)C)c(O[Si](C)(C)C(C)(C)C)cc1I)CC(=O)c1ccccc1. The summed E-state index contributed by atoms with van der Waals surface area (Å²) >= 11 is 2.42. The minimum atomic E-state index is -2.06. The lowest BCUT2D eigenvalue weighted by atomic mass is 10.1. The molecule has 0 N–H and O–H groups in total. The maximum Gasteiger partial charge on any atom is 0.250 e. The molecule has 7 heteroatoms. The van der Waals surface area contributed by atoms with E-state index in [9.17, 15) is 4.79 Å². The second-order valence-corrected chi connectivity index (χ2v) is 23.5. The van der Waals surface area contributed by atoms with Gasteiger partial charge >= 0.3 is 0 Å². The highest BCUT2D eigenvalue weighted by atomic mass is 127. The molecular formula is C29H46INO3Si2. The van der Waals surface area contributed by atoms with E-state index in [4.69, 9.17) is 8.85 Å². The van der Waals surface area contributed by atoms with Gasteiger partial charge in [-0.05, 0) is 90.0 Å². The van der Waals surface area contributed by atoms with Crippen LogP contribution in [-0.4, -0.2) is 47.5 Å². The van der Waals surface area contributed by atoms with Crippen LogP contribution in [0.3, 0.4) is 0 Å². The molecule has 2 aromatic carbocycles.